The first kappa shape index (κ1) is 18.0. The summed E-state index contributed by atoms with van der Waals surface area (Å²) in [5.41, 5.74) is 0.713. The predicted molar refractivity (Wildman–Crippen MR) is 86.0 cm³/mol. The average molecular weight is 313 g/mol. The molecule has 0 amide bonds. The van der Waals surface area contributed by atoms with E-state index in [1.165, 1.54) is 0 Å². The van der Waals surface area contributed by atoms with Gasteiger partial charge in [-0.25, -0.2) is 0 Å². The van der Waals surface area contributed by atoms with E-state index in [2.05, 4.69) is 0 Å². The van der Waals surface area contributed by atoms with Crippen LogP contribution < -0.4 is 4.74 Å². The Hall–Kier alpha value is -1.06. The highest BCUT2D eigenvalue weighted by Crippen LogP contribution is 2.23. The molecule has 0 heterocycles. The fourth-order valence-corrected chi connectivity index (χ4v) is 1.67. The third-order valence-electron chi connectivity index (χ3n) is 3.53. The first-order valence-corrected chi connectivity index (χ1v) is 7.98. The van der Waals surface area contributed by atoms with E-state index in [4.69, 9.17) is 21.1 Å². The molecule has 0 spiro atoms. The molecular formula is C17H25ClO3. The summed E-state index contributed by atoms with van der Waals surface area (Å²) in [6, 6.07) is 7.59. The van der Waals surface area contributed by atoms with Crippen molar-refractivity contribution in [2.75, 3.05) is 19.1 Å². The van der Waals surface area contributed by atoms with Crippen LogP contribution in [-0.2, 0) is 16.0 Å². The second-order valence-corrected chi connectivity index (χ2v) is 6.05. The highest BCUT2D eigenvalue weighted by molar-refractivity contribution is 6.17. The van der Waals surface area contributed by atoms with Crippen molar-refractivity contribution < 1.29 is 14.3 Å². The van der Waals surface area contributed by atoms with Crippen LogP contribution in [0, 0.1) is 5.41 Å². The van der Waals surface area contributed by atoms with Gasteiger partial charge < -0.3 is 9.47 Å². The molecule has 3 nitrogen and oxygen atoms in total. The number of hydrogen-bond acceptors (Lipinski definition) is 3. The number of hydrogen-bond donors (Lipinski definition) is 0. The maximum atomic E-state index is 12.0. The maximum absolute atomic E-state index is 12.0. The molecule has 1 aromatic rings. The Bertz CT molecular complexity index is 426. The normalized spacial score (nSPS) is 11.4. The fourth-order valence-electron chi connectivity index (χ4n) is 1.56. The van der Waals surface area contributed by atoms with Crippen LogP contribution in [0.25, 0.3) is 0 Å². The molecule has 0 aliphatic carbocycles. The van der Waals surface area contributed by atoms with E-state index in [0.29, 0.717) is 24.8 Å². The SMILES string of the molecule is CCC(C)(C)C(=O)Oc1ccc(CCOCCCCl)cc1. The molecule has 0 saturated carbocycles. The van der Waals surface area contributed by atoms with Crippen molar-refractivity contribution in [3.05, 3.63) is 29.8 Å². The molecule has 0 saturated heterocycles. The molecule has 21 heavy (non-hydrogen) atoms. The fraction of sp³-hybridized carbons (Fsp3) is 0.588. The monoisotopic (exact) mass is 312 g/mol. The Morgan fingerprint density at radius 1 is 1.19 bits per heavy atom. The van der Waals surface area contributed by atoms with Gasteiger partial charge in [0.2, 0.25) is 0 Å². The summed E-state index contributed by atoms with van der Waals surface area (Å²) in [5, 5.41) is 0. The van der Waals surface area contributed by atoms with E-state index >= 15 is 0 Å². The lowest BCUT2D eigenvalue weighted by Gasteiger charge is -2.20. The number of carbonyl (C=O) groups is 1. The summed E-state index contributed by atoms with van der Waals surface area (Å²) >= 11 is 5.58. The first-order chi connectivity index (χ1) is 9.99. The lowest BCUT2D eigenvalue weighted by Crippen LogP contribution is -2.28. The largest absolute Gasteiger partial charge is 0.426 e. The summed E-state index contributed by atoms with van der Waals surface area (Å²) in [6.07, 6.45) is 2.48. The topological polar surface area (TPSA) is 35.5 Å². The minimum absolute atomic E-state index is 0.192. The van der Waals surface area contributed by atoms with E-state index in [0.717, 1.165) is 24.8 Å². The molecule has 1 rings (SSSR count). The molecule has 118 valence electrons. The van der Waals surface area contributed by atoms with E-state index in [1.54, 1.807) is 0 Å². The standard InChI is InChI=1S/C17H25ClO3/c1-4-17(2,3)16(19)21-15-8-6-14(7-9-15)10-13-20-12-5-11-18/h6-9H,4-5,10-13H2,1-3H3. The van der Waals surface area contributed by atoms with E-state index in [-0.39, 0.29) is 5.97 Å². The quantitative estimate of drug-likeness (QED) is 0.296. The summed E-state index contributed by atoms with van der Waals surface area (Å²) < 4.78 is 10.9. The Morgan fingerprint density at radius 3 is 2.43 bits per heavy atom. The van der Waals surface area contributed by atoms with E-state index < -0.39 is 5.41 Å². The Balaban J connectivity index is 2.42. The Morgan fingerprint density at radius 2 is 1.86 bits per heavy atom. The Labute approximate surface area is 132 Å². The van der Waals surface area contributed by atoms with Gasteiger partial charge in [-0.2, -0.15) is 0 Å². The highest BCUT2D eigenvalue weighted by atomic mass is 35.5. The molecule has 0 bridgehead atoms. The van der Waals surface area contributed by atoms with Crippen LogP contribution in [0.15, 0.2) is 24.3 Å². The van der Waals surface area contributed by atoms with Crippen LogP contribution in [0.5, 0.6) is 5.75 Å². The van der Waals surface area contributed by atoms with Crippen molar-refractivity contribution in [3.8, 4) is 5.75 Å². The average Bonchev–Trinajstić information content (AvgIpc) is 2.48. The summed E-state index contributed by atoms with van der Waals surface area (Å²) in [7, 11) is 0. The molecule has 0 fully saturated rings. The molecule has 0 unspecified atom stereocenters. The molecule has 0 N–H and O–H groups in total. The second-order valence-electron chi connectivity index (χ2n) is 5.68. The Kier molecular flexibility index (Phi) is 7.76. The van der Waals surface area contributed by atoms with Gasteiger partial charge in [0.15, 0.2) is 0 Å². The number of carbonyl (C=O) groups excluding carboxylic acids is 1. The van der Waals surface area contributed by atoms with Gasteiger partial charge in [0, 0.05) is 12.5 Å². The van der Waals surface area contributed by atoms with Gasteiger partial charge in [0.1, 0.15) is 5.75 Å². The van der Waals surface area contributed by atoms with Crippen LogP contribution in [0.3, 0.4) is 0 Å². The number of esters is 1. The number of ether oxygens (including phenoxy) is 2. The zero-order valence-electron chi connectivity index (χ0n) is 13.2. The first-order valence-electron chi connectivity index (χ1n) is 7.44. The molecule has 4 heteroatoms. The van der Waals surface area contributed by atoms with Crippen LogP contribution in [0.2, 0.25) is 0 Å². The highest BCUT2D eigenvalue weighted by Gasteiger charge is 2.27. The number of alkyl halides is 1. The van der Waals surface area contributed by atoms with Crippen molar-refractivity contribution in [2.45, 2.75) is 40.0 Å². The number of rotatable bonds is 9. The van der Waals surface area contributed by atoms with Crippen molar-refractivity contribution in [1.82, 2.24) is 0 Å². The van der Waals surface area contributed by atoms with Gasteiger partial charge in [0.25, 0.3) is 0 Å². The molecule has 0 aliphatic heterocycles. The zero-order valence-corrected chi connectivity index (χ0v) is 13.9. The van der Waals surface area contributed by atoms with Gasteiger partial charge in [-0.05, 0) is 50.8 Å². The van der Waals surface area contributed by atoms with Crippen LogP contribution in [0.4, 0.5) is 0 Å². The van der Waals surface area contributed by atoms with Crippen molar-refractivity contribution in [2.24, 2.45) is 5.41 Å². The van der Waals surface area contributed by atoms with E-state index in [1.807, 2.05) is 45.0 Å². The van der Waals surface area contributed by atoms with Crippen molar-refractivity contribution in [1.29, 1.82) is 0 Å². The molecule has 0 radical (unpaired) electrons. The predicted octanol–water partition coefficient (Wildman–Crippen LogP) is 4.22. The third-order valence-corrected chi connectivity index (χ3v) is 3.80. The number of benzene rings is 1. The smallest absolute Gasteiger partial charge is 0.316 e. The molecule has 0 aromatic heterocycles. The van der Waals surface area contributed by atoms with Gasteiger partial charge in [-0.15, -0.1) is 11.6 Å². The second kappa shape index (κ2) is 9.06. The van der Waals surface area contributed by atoms with Crippen LogP contribution in [0.1, 0.15) is 39.2 Å². The summed E-state index contributed by atoms with van der Waals surface area (Å²) in [5.74, 6) is 1.03. The van der Waals surface area contributed by atoms with E-state index in [9.17, 15) is 4.79 Å². The summed E-state index contributed by atoms with van der Waals surface area (Å²) in [6.45, 7) is 7.14. The third kappa shape index (κ3) is 6.49. The molecule has 0 aliphatic rings. The summed E-state index contributed by atoms with van der Waals surface area (Å²) in [4.78, 5) is 12.0. The lowest BCUT2D eigenvalue weighted by molar-refractivity contribution is -0.144. The number of halogens is 1. The lowest BCUT2D eigenvalue weighted by atomic mass is 9.91. The molecule has 0 atom stereocenters. The van der Waals surface area contributed by atoms with Crippen molar-refractivity contribution >= 4 is 17.6 Å². The zero-order chi connectivity index (χ0) is 15.7. The maximum Gasteiger partial charge on any atom is 0.316 e. The van der Waals surface area contributed by atoms with Crippen LogP contribution in [-0.4, -0.2) is 25.1 Å². The van der Waals surface area contributed by atoms with Gasteiger partial charge >= 0.3 is 5.97 Å². The van der Waals surface area contributed by atoms with Crippen LogP contribution >= 0.6 is 11.6 Å². The van der Waals surface area contributed by atoms with Gasteiger partial charge in [0.05, 0.1) is 12.0 Å². The molecular weight excluding hydrogens is 288 g/mol. The van der Waals surface area contributed by atoms with Gasteiger partial charge in [-0.3, -0.25) is 4.79 Å². The minimum Gasteiger partial charge on any atom is -0.426 e. The molecule has 1 aromatic carbocycles. The minimum atomic E-state index is -0.449. The van der Waals surface area contributed by atoms with Crippen molar-refractivity contribution in [3.63, 3.8) is 0 Å². The van der Waals surface area contributed by atoms with Gasteiger partial charge in [-0.1, -0.05) is 19.1 Å².